The molecular weight excluding hydrogens is 238 g/mol. The molecular formula is C13H18ClNO2. The number of benzene rings is 1. The van der Waals surface area contributed by atoms with Gasteiger partial charge in [-0.25, -0.2) is 0 Å². The van der Waals surface area contributed by atoms with Gasteiger partial charge in [0.25, 0.3) is 0 Å². The Balaban J connectivity index is 2.08. The first kappa shape index (κ1) is 12.7. The second kappa shape index (κ2) is 5.71. The monoisotopic (exact) mass is 255 g/mol. The second-order valence-corrected chi connectivity index (χ2v) is 4.91. The summed E-state index contributed by atoms with van der Waals surface area (Å²) in [6.07, 6.45) is 4.97. The molecule has 1 aliphatic rings. The fraction of sp³-hybridized carbons (Fsp3) is 0.538. The summed E-state index contributed by atoms with van der Waals surface area (Å²) in [5.41, 5.74) is 6.56. The largest absolute Gasteiger partial charge is 0.489 e. The van der Waals surface area contributed by atoms with Crippen molar-refractivity contribution >= 4 is 11.6 Å². The van der Waals surface area contributed by atoms with Crippen LogP contribution in [0, 0.1) is 0 Å². The van der Waals surface area contributed by atoms with Gasteiger partial charge >= 0.3 is 0 Å². The minimum Gasteiger partial charge on any atom is -0.489 e. The Bertz CT molecular complexity index is 378. The zero-order valence-electron chi connectivity index (χ0n) is 9.73. The number of ether oxygens (including phenoxy) is 1. The van der Waals surface area contributed by atoms with Crippen LogP contribution in [0.4, 0.5) is 0 Å². The fourth-order valence-electron chi connectivity index (χ4n) is 2.13. The average Bonchev–Trinajstić information content (AvgIpc) is 2.83. The third kappa shape index (κ3) is 3.12. The summed E-state index contributed by atoms with van der Waals surface area (Å²) in [6.45, 7) is -0.0842. The summed E-state index contributed by atoms with van der Waals surface area (Å²) in [6, 6.07) is 5.09. The van der Waals surface area contributed by atoms with Crippen LogP contribution in [0.15, 0.2) is 18.2 Å². The zero-order valence-corrected chi connectivity index (χ0v) is 10.5. The maximum Gasteiger partial charge on any atom is 0.138 e. The van der Waals surface area contributed by atoms with E-state index in [0.717, 1.165) is 18.4 Å². The van der Waals surface area contributed by atoms with Gasteiger partial charge in [0.05, 0.1) is 23.8 Å². The van der Waals surface area contributed by atoms with Crippen molar-refractivity contribution in [2.24, 2.45) is 5.73 Å². The molecule has 1 aromatic carbocycles. The van der Waals surface area contributed by atoms with Gasteiger partial charge < -0.3 is 15.6 Å². The van der Waals surface area contributed by atoms with Gasteiger partial charge in [-0.3, -0.25) is 0 Å². The standard InChI is InChI=1S/C13H18ClNO2/c14-11-7-9(12(15)8-16)5-6-13(11)17-10-3-1-2-4-10/h5-7,10,12,16H,1-4,8,15H2. The molecule has 2 rings (SSSR count). The van der Waals surface area contributed by atoms with Crippen molar-refractivity contribution in [1.82, 2.24) is 0 Å². The van der Waals surface area contributed by atoms with Crippen LogP contribution in [0.2, 0.25) is 5.02 Å². The molecule has 1 unspecified atom stereocenters. The lowest BCUT2D eigenvalue weighted by atomic mass is 10.1. The van der Waals surface area contributed by atoms with E-state index in [1.165, 1.54) is 12.8 Å². The van der Waals surface area contributed by atoms with Crippen molar-refractivity contribution in [2.45, 2.75) is 37.8 Å². The van der Waals surface area contributed by atoms with Crippen LogP contribution in [0.5, 0.6) is 5.75 Å². The minimum absolute atomic E-state index is 0.0842. The molecule has 94 valence electrons. The molecule has 0 amide bonds. The van der Waals surface area contributed by atoms with Crippen LogP contribution in [0.25, 0.3) is 0 Å². The SMILES string of the molecule is NC(CO)c1ccc(OC2CCCC2)c(Cl)c1. The van der Waals surface area contributed by atoms with E-state index in [1.54, 1.807) is 6.07 Å². The summed E-state index contributed by atoms with van der Waals surface area (Å²) in [4.78, 5) is 0. The Kier molecular flexibility index (Phi) is 4.26. The van der Waals surface area contributed by atoms with Crippen LogP contribution in [-0.4, -0.2) is 17.8 Å². The summed E-state index contributed by atoms with van der Waals surface area (Å²) in [5.74, 6) is 0.715. The van der Waals surface area contributed by atoms with E-state index >= 15 is 0 Å². The lowest BCUT2D eigenvalue weighted by Crippen LogP contribution is -2.15. The maximum absolute atomic E-state index is 8.98. The topological polar surface area (TPSA) is 55.5 Å². The van der Waals surface area contributed by atoms with Gasteiger partial charge in [-0.05, 0) is 43.4 Å². The molecule has 0 aliphatic heterocycles. The molecule has 0 heterocycles. The quantitative estimate of drug-likeness (QED) is 0.870. The highest BCUT2D eigenvalue weighted by Gasteiger charge is 2.18. The third-order valence-corrected chi connectivity index (χ3v) is 3.47. The number of hydrogen-bond donors (Lipinski definition) is 2. The number of nitrogens with two attached hydrogens (primary N) is 1. The van der Waals surface area contributed by atoms with E-state index in [9.17, 15) is 0 Å². The number of rotatable bonds is 4. The van der Waals surface area contributed by atoms with Gasteiger partial charge in [0.1, 0.15) is 5.75 Å². The molecule has 0 bridgehead atoms. The zero-order chi connectivity index (χ0) is 12.3. The van der Waals surface area contributed by atoms with Crippen molar-refractivity contribution in [1.29, 1.82) is 0 Å². The number of aliphatic hydroxyl groups excluding tert-OH is 1. The van der Waals surface area contributed by atoms with E-state index in [2.05, 4.69) is 0 Å². The number of aliphatic hydroxyl groups is 1. The highest BCUT2D eigenvalue weighted by Crippen LogP contribution is 2.31. The van der Waals surface area contributed by atoms with Crippen molar-refractivity contribution < 1.29 is 9.84 Å². The van der Waals surface area contributed by atoms with Crippen molar-refractivity contribution in [3.63, 3.8) is 0 Å². The van der Waals surface area contributed by atoms with E-state index < -0.39 is 0 Å². The lowest BCUT2D eigenvalue weighted by molar-refractivity contribution is 0.210. The summed E-state index contributed by atoms with van der Waals surface area (Å²) in [7, 11) is 0. The van der Waals surface area contributed by atoms with E-state index in [-0.39, 0.29) is 12.6 Å². The summed E-state index contributed by atoms with van der Waals surface area (Å²) < 4.78 is 5.84. The highest BCUT2D eigenvalue weighted by atomic mass is 35.5. The maximum atomic E-state index is 8.98. The molecule has 4 heteroatoms. The fourth-order valence-corrected chi connectivity index (χ4v) is 2.37. The predicted octanol–water partition coefficient (Wildman–Crippen LogP) is 2.65. The first-order valence-corrected chi connectivity index (χ1v) is 6.41. The Morgan fingerprint density at radius 1 is 1.41 bits per heavy atom. The Hall–Kier alpha value is -0.770. The summed E-state index contributed by atoms with van der Waals surface area (Å²) >= 11 is 6.15. The van der Waals surface area contributed by atoms with Gasteiger partial charge in [0, 0.05) is 0 Å². The Morgan fingerprint density at radius 3 is 2.71 bits per heavy atom. The van der Waals surface area contributed by atoms with Crippen molar-refractivity contribution in [3.05, 3.63) is 28.8 Å². The first-order valence-electron chi connectivity index (χ1n) is 6.03. The molecule has 1 fully saturated rings. The molecule has 3 N–H and O–H groups in total. The van der Waals surface area contributed by atoms with Gasteiger partial charge in [0.2, 0.25) is 0 Å². The minimum atomic E-state index is -0.381. The third-order valence-electron chi connectivity index (χ3n) is 3.18. The molecule has 0 radical (unpaired) electrons. The van der Waals surface area contributed by atoms with Crippen LogP contribution in [-0.2, 0) is 0 Å². The molecule has 3 nitrogen and oxygen atoms in total. The van der Waals surface area contributed by atoms with E-state index in [1.807, 2.05) is 12.1 Å². The smallest absolute Gasteiger partial charge is 0.138 e. The predicted molar refractivity (Wildman–Crippen MR) is 68.4 cm³/mol. The first-order chi connectivity index (χ1) is 8.20. The molecule has 0 saturated heterocycles. The number of hydrogen-bond acceptors (Lipinski definition) is 3. The van der Waals surface area contributed by atoms with Gasteiger partial charge in [0.15, 0.2) is 0 Å². The van der Waals surface area contributed by atoms with Gasteiger partial charge in [-0.1, -0.05) is 17.7 Å². The molecule has 1 atom stereocenters. The Morgan fingerprint density at radius 2 is 2.12 bits per heavy atom. The lowest BCUT2D eigenvalue weighted by Gasteiger charge is -2.16. The van der Waals surface area contributed by atoms with Crippen LogP contribution in [0.1, 0.15) is 37.3 Å². The highest BCUT2D eigenvalue weighted by molar-refractivity contribution is 6.32. The van der Waals surface area contributed by atoms with E-state index in [4.69, 9.17) is 27.2 Å². The van der Waals surface area contributed by atoms with Crippen molar-refractivity contribution in [3.8, 4) is 5.75 Å². The summed E-state index contributed by atoms with van der Waals surface area (Å²) in [5, 5.41) is 9.55. The normalized spacial score (nSPS) is 18.3. The molecule has 0 aromatic heterocycles. The van der Waals surface area contributed by atoms with Crippen LogP contribution < -0.4 is 10.5 Å². The Labute approximate surface area is 107 Å². The molecule has 17 heavy (non-hydrogen) atoms. The molecule has 1 aliphatic carbocycles. The second-order valence-electron chi connectivity index (χ2n) is 4.50. The molecule has 0 spiro atoms. The number of halogens is 1. The van der Waals surface area contributed by atoms with Gasteiger partial charge in [-0.2, -0.15) is 0 Å². The van der Waals surface area contributed by atoms with Gasteiger partial charge in [-0.15, -0.1) is 0 Å². The van der Waals surface area contributed by atoms with Crippen LogP contribution >= 0.6 is 11.6 Å². The van der Waals surface area contributed by atoms with E-state index in [0.29, 0.717) is 16.9 Å². The van der Waals surface area contributed by atoms with Crippen LogP contribution in [0.3, 0.4) is 0 Å². The molecule has 1 saturated carbocycles. The van der Waals surface area contributed by atoms with Crippen molar-refractivity contribution in [2.75, 3.05) is 6.61 Å². The average molecular weight is 256 g/mol. The molecule has 1 aromatic rings.